The van der Waals surface area contributed by atoms with Gasteiger partial charge < -0.3 is 5.32 Å². The predicted molar refractivity (Wildman–Crippen MR) is 94.1 cm³/mol. The van der Waals surface area contributed by atoms with Crippen molar-refractivity contribution in [1.82, 2.24) is 9.62 Å². The molecule has 1 fully saturated rings. The summed E-state index contributed by atoms with van der Waals surface area (Å²) in [6.45, 7) is 4.51. The molecule has 126 valence electrons. The molecule has 2 rings (SSSR count). The van der Waals surface area contributed by atoms with Crippen LogP contribution < -0.4 is 5.32 Å². The highest BCUT2D eigenvalue weighted by Gasteiger charge is 2.29. The van der Waals surface area contributed by atoms with E-state index in [1.165, 1.54) is 0 Å². The molecule has 0 aliphatic carbocycles. The smallest absolute Gasteiger partial charge is 0.214 e. The van der Waals surface area contributed by atoms with Crippen LogP contribution in [0.15, 0.2) is 30.3 Å². The molecule has 6 heteroatoms. The van der Waals surface area contributed by atoms with Crippen LogP contribution in [-0.4, -0.2) is 44.2 Å². The molecule has 0 unspecified atom stereocenters. The third-order valence-electron chi connectivity index (χ3n) is 4.01. The molecule has 1 aliphatic heterocycles. The monoisotopic (exact) mass is 346 g/mol. The third-order valence-corrected chi connectivity index (χ3v) is 5.92. The topological polar surface area (TPSA) is 49.4 Å². The van der Waals surface area contributed by atoms with E-state index in [1.807, 2.05) is 37.3 Å². The molecule has 22 heavy (non-hydrogen) atoms. The summed E-state index contributed by atoms with van der Waals surface area (Å²) in [5.74, 6) is 0.209. The van der Waals surface area contributed by atoms with E-state index in [4.69, 9.17) is 0 Å². The first-order valence-electron chi connectivity index (χ1n) is 7.87. The number of sulfonamides is 1. The van der Waals surface area contributed by atoms with Crippen molar-refractivity contribution in [3.05, 3.63) is 35.9 Å². The zero-order chi connectivity index (χ0) is 15.1. The Morgan fingerprint density at radius 1 is 1.18 bits per heavy atom. The average molecular weight is 347 g/mol. The van der Waals surface area contributed by atoms with E-state index in [1.54, 1.807) is 4.31 Å². The highest BCUT2D eigenvalue weighted by Crippen LogP contribution is 2.18. The molecule has 1 aromatic rings. The largest absolute Gasteiger partial charge is 0.317 e. The van der Waals surface area contributed by atoms with Crippen LogP contribution in [0.1, 0.15) is 31.7 Å². The zero-order valence-electron chi connectivity index (χ0n) is 13.2. The maximum atomic E-state index is 12.7. The summed E-state index contributed by atoms with van der Waals surface area (Å²) >= 11 is 0. The minimum absolute atomic E-state index is 0. The summed E-state index contributed by atoms with van der Waals surface area (Å²) in [5.41, 5.74) is 1.09. The fraction of sp³-hybridized carbons (Fsp3) is 0.625. The number of benzene rings is 1. The van der Waals surface area contributed by atoms with E-state index in [-0.39, 0.29) is 24.2 Å². The van der Waals surface area contributed by atoms with Gasteiger partial charge in [-0.3, -0.25) is 0 Å². The van der Waals surface area contributed by atoms with Crippen LogP contribution in [0.25, 0.3) is 0 Å². The Balaban J connectivity index is 0.00000242. The maximum absolute atomic E-state index is 12.7. The lowest BCUT2D eigenvalue weighted by molar-refractivity contribution is 0.262. The van der Waals surface area contributed by atoms with Gasteiger partial charge in [0.1, 0.15) is 0 Å². The van der Waals surface area contributed by atoms with Gasteiger partial charge in [0, 0.05) is 12.6 Å². The first kappa shape index (κ1) is 19.4. The number of nitrogens with one attached hydrogen (secondary N) is 1. The Labute approximate surface area is 140 Å². The van der Waals surface area contributed by atoms with Gasteiger partial charge in [-0.1, -0.05) is 37.3 Å². The standard InChI is InChI=1S/C16H26N2O2S.ClH/c1-2-13-18(16-8-11-17-12-9-16)21(19,20)14-10-15-6-4-3-5-7-15;/h3-7,16-17H,2,8-14H2,1H3;1H. The predicted octanol–water partition coefficient (Wildman–Crippen LogP) is 2.44. The molecule has 1 aliphatic rings. The number of aryl methyl sites for hydroxylation is 1. The summed E-state index contributed by atoms with van der Waals surface area (Å²) in [5, 5.41) is 3.30. The van der Waals surface area contributed by atoms with Gasteiger partial charge in [0.15, 0.2) is 0 Å². The molecule has 0 radical (unpaired) electrons. The molecule has 0 atom stereocenters. The van der Waals surface area contributed by atoms with E-state index in [9.17, 15) is 8.42 Å². The molecule has 1 N–H and O–H groups in total. The fourth-order valence-electron chi connectivity index (χ4n) is 2.87. The molecule has 4 nitrogen and oxygen atoms in total. The molecule has 0 saturated carbocycles. The van der Waals surface area contributed by atoms with Gasteiger partial charge in [-0.2, -0.15) is 4.31 Å². The number of piperidine rings is 1. The SMILES string of the molecule is CCCN(C1CCNCC1)S(=O)(=O)CCc1ccccc1.Cl. The normalized spacial score (nSPS) is 16.5. The molecular formula is C16H27ClN2O2S. The van der Waals surface area contributed by atoms with Gasteiger partial charge in [-0.15, -0.1) is 12.4 Å². The Morgan fingerprint density at radius 2 is 1.82 bits per heavy atom. The molecule has 0 spiro atoms. The Morgan fingerprint density at radius 3 is 2.41 bits per heavy atom. The maximum Gasteiger partial charge on any atom is 0.214 e. The molecular weight excluding hydrogens is 320 g/mol. The molecule has 1 heterocycles. The zero-order valence-corrected chi connectivity index (χ0v) is 14.8. The Bertz CT molecular complexity index is 516. The number of halogens is 1. The van der Waals surface area contributed by atoms with Gasteiger partial charge in [0.25, 0.3) is 0 Å². The van der Waals surface area contributed by atoms with Crippen LogP contribution in [0.2, 0.25) is 0 Å². The van der Waals surface area contributed by atoms with E-state index in [0.717, 1.165) is 37.9 Å². The molecule has 0 aromatic heterocycles. The van der Waals surface area contributed by atoms with E-state index in [0.29, 0.717) is 13.0 Å². The van der Waals surface area contributed by atoms with Crippen LogP contribution in [0.4, 0.5) is 0 Å². The van der Waals surface area contributed by atoms with Gasteiger partial charge in [0.2, 0.25) is 10.0 Å². The summed E-state index contributed by atoms with van der Waals surface area (Å²) < 4.78 is 27.2. The second-order valence-electron chi connectivity index (χ2n) is 5.64. The number of nitrogens with zero attached hydrogens (tertiary/aromatic N) is 1. The van der Waals surface area contributed by atoms with Crippen LogP contribution in [0.3, 0.4) is 0 Å². The third kappa shape index (κ3) is 5.54. The first-order valence-corrected chi connectivity index (χ1v) is 9.48. The number of hydrogen-bond donors (Lipinski definition) is 1. The number of rotatable bonds is 7. The fourth-order valence-corrected chi connectivity index (χ4v) is 4.73. The van der Waals surface area contributed by atoms with Crippen LogP contribution in [-0.2, 0) is 16.4 Å². The lowest BCUT2D eigenvalue weighted by Gasteiger charge is -2.33. The van der Waals surface area contributed by atoms with Crippen molar-refractivity contribution >= 4 is 22.4 Å². The summed E-state index contributed by atoms with van der Waals surface area (Å²) in [6.07, 6.45) is 3.30. The molecule has 1 aromatic carbocycles. The quantitative estimate of drug-likeness (QED) is 0.825. The Kier molecular flexibility index (Phi) is 8.39. The van der Waals surface area contributed by atoms with Crippen molar-refractivity contribution < 1.29 is 8.42 Å². The molecule has 0 amide bonds. The van der Waals surface area contributed by atoms with Crippen LogP contribution in [0.5, 0.6) is 0 Å². The first-order chi connectivity index (χ1) is 10.1. The van der Waals surface area contributed by atoms with Gasteiger partial charge >= 0.3 is 0 Å². The van der Waals surface area contributed by atoms with Crippen LogP contribution in [0, 0.1) is 0 Å². The van der Waals surface area contributed by atoms with Crippen molar-refractivity contribution in [2.45, 2.75) is 38.6 Å². The van der Waals surface area contributed by atoms with Crippen LogP contribution >= 0.6 is 12.4 Å². The second-order valence-corrected chi connectivity index (χ2v) is 7.68. The number of hydrogen-bond acceptors (Lipinski definition) is 3. The highest BCUT2D eigenvalue weighted by molar-refractivity contribution is 7.89. The van der Waals surface area contributed by atoms with Gasteiger partial charge in [0.05, 0.1) is 5.75 Å². The van der Waals surface area contributed by atoms with E-state index >= 15 is 0 Å². The van der Waals surface area contributed by atoms with E-state index in [2.05, 4.69) is 5.32 Å². The molecule has 1 saturated heterocycles. The minimum atomic E-state index is -3.18. The summed E-state index contributed by atoms with van der Waals surface area (Å²) in [6, 6.07) is 10.0. The van der Waals surface area contributed by atoms with E-state index < -0.39 is 10.0 Å². The van der Waals surface area contributed by atoms with Gasteiger partial charge in [-0.05, 0) is 44.3 Å². The summed E-state index contributed by atoms with van der Waals surface area (Å²) in [7, 11) is -3.18. The summed E-state index contributed by atoms with van der Waals surface area (Å²) in [4.78, 5) is 0. The second kappa shape index (κ2) is 9.50. The highest BCUT2D eigenvalue weighted by atomic mass is 35.5. The van der Waals surface area contributed by atoms with Crippen molar-refractivity contribution in [1.29, 1.82) is 0 Å². The lowest BCUT2D eigenvalue weighted by atomic mass is 10.1. The average Bonchev–Trinajstić information content (AvgIpc) is 2.52. The molecule has 0 bridgehead atoms. The van der Waals surface area contributed by atoms with Crippen molar-refractivity contribution in [2.75, 3.05) is 25.4 Å². The Hall–Kier alpha value is -0.620. The van der Waals surface area contributed by atoms with Crippen molar-refractivity contribution in [2.24, 2.45) is 0 Å². The van der Waals surface area contributed by atoms with Crippen molar-refractivity contribution in [3.8, 4) is 0 Å². The van der Waals surface area contributed by atoms with Crippen molar-refractivity contribution in [3.63, 3.8) is 0 Å². The van der Waals surface area contributed by atoms with Gasteiger partial charge in [-0.25, -0.2) is 8.42 Å². The minimum Gasteiger partial charge on any atom is -0.317 e. The lowest BCUT2D eigenvalue weighted by Crippen LogP contribution is -2.47.